The minimum Gasteiger partial charge on any atom is -0.857 e. The fourth-order valence-electron chi connectivity index (χ4n) is 3.13. The van der Waals surface area contributed by atoms with E-state index in [2.05, 4.69) is 20.3 Å². The number of rotatable bonds is 7. The van der Waals surface area contributed by atoms with Crippen LogP contribution in [0.3, 0.4) is 0 Å². The Morgan fingerprint density at radius 2 is 2.26 bits per heavy atom. The number of carbonyl (C=O) groups is 2. The smallest absolute Gasteiger partial charge is 0.857 e. The Hall–Kier alpha value is -2.36. The van der Waals surface area contributed by atoms with Crippen LogP contribution in [0, 0.1) is 0 Å². The summed E-state index contributed by atoms with van der Waals surface area (Å²) in [5.41, 5.74) is 5.75. The van der Waals surface area contributed by atoms with Gasteiger partial charge < -0.3 is 25.3 Å². The molecular formula is C18H14ClN6NaO6S2. The topological polar surface area (TPSA) is 180 Å². The molecule has 12 nitrogen and oxygen atoms in total. The Bertz CT molecular complexity index is 1240. The third-order valence-corrected chi connectivity index (χ3v) is 6.67. The number of anilines is 1. The van der Waals surface area contributed by atoms with E-state index in [1.807, 2.05) is 0 Å². The maximum atomic E-state index is 12.8. The molecule has 172 valence electrons. The van der Waals surface area contributed by atoms with Gasteiger partial charge in [-0.1, -0.05) is 28.0 Å². The van der Waals surface area contributed by atoms with Gasteiger partial charge in [0, 0.05) is 23.1 Å². The molecule has 4 rings (SSSR count). The van der Waals surface area contributed by atoms with E-state index >= 15 is 0 Å². The molecule has 0 radical (unpaired) electrons. The van der Waals surface area contributed by atoms with Gasteiger partial charge in [0.25, 0.3) is 5.91 Å². The van der Waals surface area contributed by atoms with E-state index in [0.29, 0.717) is 11.3 Å². The van der Waals surface area contributed by atoms with E-state index in [9.17, 15) is 19.8 Å². The van der Waals surface area contributed by atoms with Gasteiger partial charge in [-0.15, -0.1) is 23.1 Å². The van der Waals surface area contributed by atoms with Crippen LogP contribution < -0.4 is 40.4 Å². The van der Waals surface area contributed by atoms with Crippen molar-refractivity contribution in [3.63, 3.8) is 0 Å². The summed E-state index contributed by atoms with van der Waals surface area (Å²) >= 11 is 8.08. The molecule has 1 saturated heterocycles. The number of β-lactam (4-membered cyclic amide) rings is 1. The van der Waals surface area contributed by atoms with Gasteiger partial charge in [0.15, 0.2) is 22.1 Å². The van der Waals surface area contributed by atoms with Crippen molar-refractivity contribution in [2.75, 3.05) is 18.6 Å². The summed E-state index contributed by atoms with van der Waals surface area (Å²) in [5.74, 6) is -2.15. The molecule has 16 heteroatoms. The van der Waals surface area contributed by atoms with Gasteiger partial charge in [-0.2, -0.15) is 0 Å². The Morgan fingerprint density at radius 1 is 1.50 bits per heavy atom. The number of nitrogens with zero attached hydrogens (tertiary/aromatic N) is 5. The average molecular weight is 533 g/mol. The molecule has 2 atom stereocenters. The van der Waals surface area contributed by atoms with Crippen molar-refractivity contribution < 1.29 is 58.7 Å². The zero-order valence-electron chi connectivity index (χ0n) is 17.7. The molecule has 0 saturated carbocycles. The number of carbonyl (C=O) groups excluding carboxylic acids is 1. The van der Waals surface area contributed by atoms with Gasteiger partial charge in [-0.3, -0.25) is 14.7 Å². The van der Waals surface area contributed by atoms with Crippen molar-refractivity contribution in [2.24, 2.45) is 10.1 Å². The number of aliphatic imine (C=N–C) groups is 1. The number of aromatic nitrogens is 2. The number of thiazole rings is 1. The molecule has 0 bridgehead atoms. The SMILES string of the molecule is CO/N=C(\C([O-])=NC1C(=O)N2C(C(=O)O)=C(/C=C/c3cc(Cl)no3)CSC12)c1csc(N)n1.[Na+]. The first-order valence-electron chi connectivity index (χ1n) is 9.09. The second-order valence-electron chi connectivity index (χ2n) is 6.55. The summed E-state index contributed by atoms with van der Waals surface area (Å²) < 4.78 is 4.96. The minimum atomic E-state index is -1.28. The van der Waals surface area contributed by atoms with Gasteiger partial charge in [-0.25, -0.2) is 9.78 Å². The van der Waals surface area contributed by atoms with Crippen LogP contribution in [0.5, 0.6) is 0 Å². The van der Waals surface area contributed by atoms with Crippen molar-refractivity contribution in [1.82, 2.24) is 15.0 Å². The molecule has 2 aliphatic rings. The fraction of sp³-hybridized carbons (Fsp3) is 0.222. The second-order valence-corrected chi connectivity index (χ2v) is 8.93. The van der Waals surface area contributed by atoms with Crippen LogP contribution >= 0.6 is 34.7 Å². The number of carboxylic acids is 1. The number of fused-ring (bicyclic) bond motifs is 1. The molecule has 0 spiro atoms. The van der Waals surface area contributed by atoms with E-state index in [-0.39, 0.29) is 62.7 Å². The van der Waals surface area contributed by atoms with Crippen LogP contribution in [0.15, 0.2) is 43.5 Å². The molecule has 34 heavy (non-hydrogen) atoms. The van der Waals surface area contributed by atoms with Gasteiger partial charge in [0.2, 0.25) is 0 Å². The molecule has 0 aromatic carbocycles. The molecule has 3 N–H and O–H groups in total. The number of nitrogens with two attached hydrogens (primary N) is 1. The van der Waals surface area contributed by atoms with Crippen LogP contribution in [0.1, 0.15) is 11.5 Å². The average Bonchev–Trinajstić information content (AvgIpc) is 3.40. The predicted molar refractivity (Wildman–Crippen MR) is 120 cm³/mol. The Kier molecular flexibility index (Phi) is 8.43. The van der Waals surface area contributed by atoms with Crippen molar-refractivity contribution >= 4 is 69.4 Å². The van der Waals surface area contributed by atoms with Crippen LogP contribution in [-0.2, 0) is 14.4 Å². The number of thioether (sulfide) groups is 1. The third-order valence-electron chi connectivity index (χ3n) is 4.53. The first-order valence-corrected chi connectivity index (χ1v) is 11.4. The molecule has 4 heterocycles. The molecule has 2 aromatic rings. The maximum absolute atomic E-state index is 12.8. The number of allylic oxidation sites excluding steroid dienone is 1. The summed E-state index contributed by atoms with van der Waals surface area (Å²) in [4.78, 5) is 38.5. The summed E-state index contributed by atoms with van der Waals surface area (Å²) in [6, 6.07) is 0.385. The van der Waals surface area contributed by atoms with E-state index in [4.69, 9.17) is 26.7 Å². The third kappa shape index (κ3) is 5.16. The number of oxime groups is 1. The molecule has 2 aliphatic heterocycles. The van der Waals surface area contributed by atoms with Crippen LogP contribution in [0.25, 0.3) is 6.08 Å². The van der Waals surface area contributed by atoms with E-state index in [0.717, 1.165) is 16.2 Å². The van der Waals surface area contributed by atoms with Crippen molar-refractivity contribution in [2.45, 2.75) is 11.4 Å². The largest absolute Gasteiger partial charge is 1.00 e. The Balaban J connectivity index is 0.00000324. The fourth-order valence-corrected chi connectivity index (χ4v) is 5.13. The zero-order chi connectivity index (χ0) is 23.7. The minimum absolute atomic E-state index is 0. The van der Waals surface area contributed by atoms with Crippen LogP contribution in [0.4, 0.5) is 5.13 Å². The first-order chi connectivity index (χ1) is 15.8. The summed E-state index contributed by atoms with van der Waals surface area (Å²) in [7, 11) is 1.25. The second kappa shape index (κ2) is 10.9. The Labute approximate surface area is 227 Å². The van der Waals surface area contributed by atoms with E-state index < -0.39 is 29.2 Å². The number of carboxylic acid groups (broad SMARTS) is 1. The predicted octanol–water partition coefficient (Wildman–Crippen LogP) is -2.18. The van der Waals surface area contributed by atoms with Crippen molar-refractivity contribution in [3.05, 3.63) is 45.4 Å². The maximum Gasteiger partial charge on any atom is 1.00 e. The van der Waals surface area contributed by atoms with Crippen LogP contribution in [0.2, 0.25) is 5.15 Å². The summed E-state index contributed by atoms with van der Waals surface area (Å²) in [6.45, 7) is 0. The molecule has 0 aliphatic carbocycles. The first kappa shape index (κ1) is 26.2. The Morgan fingerprint density at radius 3 is 2.85 bits per heavy atom. The van der Waals surface area contributed by atoms with E-state index in [1.54, 1.807) is 0 Å². The molecule has 1 amide bonds. The zero-order valence-corrected chi connectivity index (χ0v) is 22.1. The van der Waals surface area contributed by atoms with Gasteiger partial charge in [0.1, 0.15) is 29.6 Å². The summed E-state index contributed by atoms with van der Waals surface area (Å²) in [5, 5.41) is 30.8. The quantitative estimate of drug-likeness (QED) is 0.131. The number of aliphatic carboxylic acids is 1. The monoisotopic (exact) mass is 532 g/mol. The summed E-state index contributed by atoms with van der Waals surface area (Å²) in [6.07, 6.45) is 3.02. The number of nitrogen functional groups attached to an aromatic ring is 1. The normalized spacial score (nSPS) is 20.8. The molecular weight excluding hydrogens is 519 g/mol. The van der Waals surface area contributed by atoms with Crippen LogP contribution in [-0.4, -0.2) is 67.9 Å². The van der Waals surface area contributed by atoms with Crippen molar-refractivity contribution in [3.8, 4) is 0 Å². The molecule has 2 unspecified atom stereocenters. The molecule has 1 fully saturated rings. The van der Waals surface area contributed by atoms with Gasteiger partial charge in [-0.05, 0) is 11.6 Å². The number of halogens is 1. The van der Waals surface area contributed by atoms with Crippen molar-refractivity contribution in [1.29, 1.82) is 0 Å². The van der Waals surface area contributed by atoms with Gasteiger partial charge >= 0.3 is 35.5 Å². The standard InChI is InChI=1S/C18H15ClN6O6S2.Na/c1-30-24-11(9-6-33-18(20)21-9)14(26)22-12-15(27)25-13(17(28)29)7(5-32-16(12)25)2-3-8-4-10(19)23-31-8;/h2-4,6,12,16H,5H2,1H3,(H2,20,21)(H,22,26)(H,28,29);/q;+1/p-1/b3-2+,24-11-;. The molecule has 2 aromatic heterocycles. The van der Waals surface area contributed by atoms with Gasteiger partial charge in [0.05, 0.1) is 0 Å². The number of hydrogen-bond donors (Lipinski definition) is 2. The number of amides is 1. The van der Waals surface area contributed by atoms with E-state index in [1.165, 1.54) is 42.5 Å². The number of hydrogen-bond acceptors (Lipinski definition) is 12.